The highest BCUT2D eigenvalue weighted by molar-refractivity contribution is 7.12. The van der Waals surface area contributed by atoms with E-state index < -0.39 is 17.2 Å². The summed E-state index contributed by atoms with van der Waals surface area (Å²) in [6.07, 6.45) is -0.586. The fraction of sp³-hybridized carbons (Fsp3) is 0.538. The van der Waals surface area contributed by atoms with E-state index in [0.717, 1.165) is 0 Å². The van der Waals surface area contributed by atoms with Crippen LogP contribution in [0.15, 0.2) is 17.5 Å². The van der Waals surface area contributed by atoms with Crippen LogP contribution in [0.5, 0.6) is 0 Å². The summed E-state index contributed by atoms with van der Waals surface area (Å²) in [5, 5.41) is 4.43. The van der Waals surface area contributed by atoms with Gasteiger partial charge in [0, 0.05) is 0 Å². The molecule has 0 radical (unpaired) electrons. The van der Waals surface area contributed by atoms with Crippen LogP contribution in [0.25, 0.3) is 0 Å². The van der Waals surface area contributed by atoms with E-state index in [1.807, 2.05) is 5.38 Å². The van der Waals surface area contributed by atoms with Gasteiger partial charge in [0.2, 0.25) is 0 Å². The van der Waals surface area contributed by atoms with Crippen LogP contribution in [-0.2, 0) is 4.74 Å². The average Bonchev–Trinajstić information content (AvgIpc) is 2.64. The number of Topliss-reactive ketones (excluding diaryl/α,β-unsaturated/α-hetero) is 1. The maximum Gasteiger partial charge on any atom is 0.408 e. The Morgan fingerprint density at radius 1 is 1.22 bits per heavy atom. The molecule has 1 amide bonds. The summed E-state index contributed by atoms with van der Waals surface area (Å²) in [5.74, 6) is -0.122. The van der Waals surface area contributed by atoms with Gasteiger partial charge in [0.1, 0.15) is 11.1 Å². The number of ether oxygens (including phenoxy) is 1. The van der Waals surface area contributed by atoms with Crippen LogP contribution in [0.3, 0.4) is 0 Å². The molecule has 100 valence electrons. The smallest absolute Gasteiger partial charge is 0.408 e. The zero-order valence-electron chi connectivity index (χ0n) is 11.4. The number of hydrogen-bond acceptors (Lipinski definition) is 4. The molecule has 0 bridgehead atoms. The number of hydrogen-bond donors (Lipinski definition) is 1. The lowest BCUT2D eigenvalue weighted by Gasteiger charge is -2.27. The van der Waals surface area contributed by atoms with Crippen LogP contribution in [0, 0.1) is 0 Å². The monoisotopic (exact) mass is 269 g/mol. The first-order valence-corrected chi connectivity index (χ1v) is 6.59. The van der Waals surface area contributed by atoms with E-state index in [1.54, 1.807) is 46.8 Å². The predicted octanol–water partition coefficient (Wildman–Crippen LogP) is 3.23. The molecule has 0 aliphatic heterocycles. The number of carbonyl (C=O) groups excluding carboxylic acids is 2. The van der Waals surface area contributed by atoms with E-state index in [0.29, 0.717) is 4.88 Å². The molecule has 1 aromatic rings. The Bertz CT molecular complexity index is 430. The van der Waals surface area contributed by atoms with Crippen molar-refractivity contribution < 1.29 is 14.3 Å². The first-order chi connectivity index (χ1) is 8.12. The van der Waals surface area contributed by atoms with Crippen molar-refractivity contribution in [2.24, 2.45) is 0 Å². The third kappa shape index (κ3) is 4.14. The Morgan fingerprint density at radius 3 is 2.28 bits per heavy atom. The minimum atomic E-state index is -0.979. The molecule has 1 heterocycles. The molecule has 0 saturated carbocycles. The van der Waals surface area contributed by atoms with E-state index >= 15 is 0 Å². The quantitative estimate of drug-likeness (QED) is 0.857. The number of nitrogens with one attached hydrogen (secondary N) is 1. The van der Waals surface area contributed by atoms with Crippen LogP contribution in [0.2, 0.25) is 0 Å². The second-order valence-corrected chi connectivity index (χ2v) is 6.51. The van der Waals surface area contributed by atoms with Crippen molar-refractivity contribution in [3.8, 4) is 0 Å². The standard InChI is InChI=1S/C13H19NO3S/c1-12(2,3)17-11(16)14-13(4,5)10(15)9-7-6-8-18-9/h6-8H,1-5H3,(H,14,16). The molecule has 1 aromatic heterocycles. The zero-order valence-corrected chi connectivity index (χ0v) is 12.2. The van der Waals surface area contributed by atoms with Gasteiger partial charge in [-0.3, -0.25) is 4.79 Å². The topological polar surface area (TPSA) is 55.4 Å². The molecule has 0 atom stereocenters. The molecule has 5 heteroatoms. The summed E-state index contributed by atoms with van der Waals surface area (Å²) in [4.78, 5) is 24.5. The summed E-state index contributed by atoms with van der Waals surface area (Å²) in [5.41, 5.74) is -1.56. The van der Waals surface area contributed by atoms with Gasteiger partial charge < -0.3 is 10.1 Å². The second-order valence-electron chi connectivity index (χ2n) is 5.56. The Labute approximate surface area is 111 Å². The van der Waals surface area contributed by atoms with Crippen molar-refractivity contribution in [1.82, 2.24) is 5.32 Å². The van der Waals surface area contributed by atoms with Gasteiger partial charge in [-0.1, -0.05) is 6.07 Å². The maximum atomic E-state index is 12.2. The van der Waals surface area contributed by atoms with Crippen LogP contribution >= 0.6 is 11.3 Å². The molecule has 1 N–H and O–H groups in total. The summed E-state index contributed by atoms with van der Waals surface area (Å²) in [7, 11) is 0. The van der Waals surface area contributed by atoms with Crippen molar-refractivity contribution in [3.05, 3.63) is 22.4 Å². The third-order valence-corrected chi connectivity index (χ3v) is 2.99. The Hall–Kier alpha value is -1.36. The molecule has 18 heavy (non-hydrogen) atoms. The second kappa shape index (κ2) is 5.10. The lowest BCUT2D eigenvalue weighted by atomic mass is 9.98. The molecule has 0 spiro atoms. The number of rotatable bonds is 3. The predicted molar refractivity (Wildman–Crippen MR) is 72.1 cm³/mol. The van der Waals surface area contributed by atoms with Crippen molar-refractivity contribution in [3.63, 3.8) is 0 Å². The molecular formula is C13H19NO3S. The largest absolute Gasteiger partial charge is 0.444 e. The summed E-state index contributed by atoms with van der Waals surface area (Å²) in [6.45, 7) is 8.67. The van der Waals surface area contributed by atoms with Crippen LogP contribution in [0.4, 0.5) is 4.79 Å². The van der Waals surface area contributed by atoms with E-state index in [-0.39, 0.29) is 5.78 Å². The summed E-state index contributed by atoms with van der Waals surface area (Å²) < 4.78 is 5.14. The number of amides is 1. The van der Waals surface area contributed by atoms with E-state index in [2.05, 4.69) is 5.32 Å². The van der Waals surface area contributed by atoms with Crippen molar-refractivity contribution in [2.75, 3.05) is 0 Å². The highest BCUT2D eigenvalue weighted by atomic mass is 32.1. The van der Waals surface area contributed by atoms with Crippen molar-refractivity contribution >= 4 is 23.2 Å². The van der Waals surface area contributed by atoms with Crippen molar-refractivity contribution in [2.45, 2.75) is 45.8 Å². The normalized spacial score (nSPS) is 12.1. The van der Waals surface area contributed by atoms with Gasteiger partial charge in [0.25, 0.3) is 0 Å². The number of carbonyl (C=O) groups is 2. The Morgan fingerprint density at radius 2 is 1.83 bits per heavy atom. The fourth-order valence-electron chi connectivity index (χ4n) is 1.33. The molecule has 0 aliphatic rings. The zero-order chi connectivity index (χ0) is 14.0. The van der Waals surface area contributed by atoms with Gasteiger partial charge in [0.05, 0.1) is 4.88 Å². The van der Waals surface area contributed by atoms with E-state index in [4.69, 9.17) is 4.74 Å². The molecule has 0 saturated heterocycles. The Balaban J connectivity index is 2.70. The highest BCUT2D eigenvalue weighted by Crippen LogP contribution is 2.18. The first kappa shape index (κ1) is 14.7. The molecule has 0 unspecified atom stereocenters. The molecule has 0 aliphatic carbocycles. The molecule has 1 rings (SSSR count). The first-order valence-electron chi connectivity index (χ1n) is 5.71. The lowest BCUT2D eigenvalue weighted by Crippen LogP contribution is -2.51. The van der Waals surface area contributed by atoms with E-state index in [1.165, 1.54) is 11.3 Å². The lowest BCUT2D eigenvalue weighted by molar-refractivity contribution is 0.0455. The number of thiophene rings is 1. The minimum absolute atomic E-state index is 0.122. The van der Waals surface area contributed by atoms with Crippen LogP contribution in [0.1, 0.15) is 44.3 Å². The molecule has 0 fully saturated rings. The number of alkyl carbamates (subject to hydrolysis) is 1. The van der Waals surface area contributed by atoms with Gasteiger partial charge in [0.15, 0.2) is 5.78 Å². The van der Waals surface area contributed by atoms with Gasteiger partial charge >= 0.3 is 6.09 Å². The fourth-order valence-corrected chi connectivity index (χ4v) is 2.15. The SMILES string of the molecule is CC(C)(C)OC(=O)NC(C)(C)C(=O)c1cccs1. The van der Waals surface area contributed by atoms with Crippen molar-refractivity contribution in [1.29, 1.82) is 0 Å². The highest BCUT2D eigenvalue weighted by Gasteiger charge is 2.32. The Kier molecular flexibility index (Phi) is 4.16. The van der Waals surface area contributed by atoms with Gasteiger partial charge in [-0.15, -0.1) is 11.3 Å². The summed E-state index contributed by atoms with van der Waals surface area (Å²) in [6, 6.07) is 3.55. The number of ketones is 1. The van der Waals surface area contributed by atoms with Gasteiger partial charge in [-0.25, -0.2) is 4.79 Å². The summed E-state index contributed by atoms with van der Waals surface area (Å²) >= 11 is 1.36. The third-order valence-electron chi connectivity index (χ3n) is 2.13. The van der Waals surface area contributed by atoms with Crippen LogP contribution < -0.4 is 5.32 Å². The average molecular weight is 269 g/mol. The van der Waals surface area contributed by atoms with Crippen LogP contribution in [-0.4, -0.2) is 23.0 Å². The molecular weight excluding hydrogens is 250 g/mol. The van der Waals surface area contributed by atoms with E-state index in [9.17, 15) is 9.59 Å². The minimum Gasteiger partial charge on any atom is -0.444 e. The molecule has 4 nitrogen and oxygen atoms in total. The van der Waals surface area contributed by atoms with Gasteiger partial charge in [-0.05, 0) is 46.1 Å². The molecule has 0 aromatic carbocycles. The van der Waals surface area contributed by atoms with Gasteiger partial charge in [-0.2, -0.15) is 0 Å². The maximum absolute atomic E-state index is 12.2.